The van der Waals surface area contributed by atoms with Crippen LogP contribution in [0.1, 0.15) is 46.6 Å². The second kappa shape index (κ2) is 13.3. The van der Waals surface area contributed by atoms with Gasteiger partial charge < -0.3 is 10.6 Å². The number of sulfonamides is 1. The quantitative estimate of drug-likeness (QED) is 0.189. The van der Waals surface area contributed by atoms with E-state index in [1.165, 1.54) is 6.07 Å². The van der Waals surface area contributed by atoms with Crippen LogP contribution in [0.2, 0.25) is 0 Å². The summed E-state index contributed by atoms with van der Waals surface area (Å²) in [6.45, 7) is 13.9. The standard InChI is InChI=1S/C19H35N5O2S.HI/c1-6-21-19(22-11-8-12-24(15(2)3)16(4)5)23-14-17-9-7-10-18(13-17)27(20,25)26;/h7,9-10,13,15-16H,6,8,11-12,14H2,1-5H3,(H2,20,25,26)(H2,21,22,23);1H. The van der Waals surface area contributed by atoms with E-state index in [9.17, 15) is 8.42 Å². The lowest BCUT2D eigenvalue weighted by Gasteiger charge is -2.30. The number of hydrogen-bond donors (Lipinski definition) is 3. The molecule has 1 aromatic carbocycles. The third-order valence-corrected chi connectivity index (χ3v) is 5.11. The minimum atomic E-state index is -3.70. The number of nitrogens with zero attached hydrogens (tertiary/aromatic N) is 2. The number of primary sulfonamides is 1. The molecule has 0 aliphatic carbocycles. The Morgan fingerprint density at radius 3 is 2.36 bits per heavy atom. The predicted octanol–water partition coefficient (Wildman–Crippen LogP) is 2.52. The minimum Gasteiger partial charge on any atom is -0.357 e. The molecule has 0 aliphatic heterocycles. The van der Waals surface area contributed by atoms with Gasteiger partial charge in [-0.05, 0) is 58.7 Å². The second-order valence-corrected chi connectivity index (χ2v) is 8.65. The molecule has 4 N–H and O–H groups in total. The number of guanidine groups is 1. The van der Waals surface area contributed by atoms with Crippen LogP contribution >= 0.6 is 24.0 Å². The van der Waals surface area contributed by atoms with E-state index < -0.39 is 10.0 Å². The van der Waals surface area contributed by atoms with Gasteiger partial charge in [0.25, 0.3) is 0 Å². The summed E-state index contributed by atoms with van der Waals surface area (Å²) in [6, 6.07) is 7.62. The van der Waals surface area contributed by atoms with Gasteiger partial charge in [-0.3, -0.25) is 4.90 Å². The highest BCUT2D eigenvalue weighted by Gasteiger charge is 2.12. The fraction of sp³-hybridized carbons (Fsp3) is 0.632. The largest absolute Gasteiger partial charge is 0.357 e. The Labute approximate surface area is 187 Å². The summed E-state index contributed by atoms with van der Waals surface area (Å²) in [5.41, 5.74) is 0.796. The molecule has 7 nitrogen and oxygen atoms in total. The van der Waals surface area contributed by atoms with Gasteiger partial charge in [-0.15, -0.1) is 24.0 Å². The van der Waals surface area contributed by atoms with Gasteiger partial charge in [0.05, 0.1) is 11.4 Å². The van der Waals surface area contributed by atoms with Crippen LogP contribution in [0.25, 0.3) is 0 Å². The van der Waals surface area contributed by atoms with Crippen LogP contribution in [-0.2, 0) is 16.6 Å². The van der Waals surface area contributed by atoms with Crippen LogP contribution in [0.15, 0.2) is 34.2 Å². The Hall–Kier alpha value is -0.910. The normalized spacial score (nSPS) is 12.4. The Morgan fingerprint density at radius 2 is 1.82 bits per heavy atom. The summed E-state index contributed by atoms with van der Waals surface area (Å²) in [7, 11) is -3.70. The van der Waals surface area contributed by atoms with Crippen molar-refractivity contribution in [1.82, 2.24) is 15.5 Å². The van der Waals surface area contributed by atoms with Crippen molar-refractivity contribution in [1.29, 1.82) is 0 Å². The number of nitrogens with two attached hydrogens (primary N) is 1. The summed E-state index contributed by atoms with van der Waals surface area (Å²) < 4.78 is 22.9. The van der Waals surface area contributed by atoms with Crippen molar-refractivity contribution >= 4 is 40.0 Å². The smallest absolute Gasteiger partial charge is 0.238 e. The van der Waals surface area contributed by atoms with Gasteiger partial charge >= 0.3 is 0 Å². The van der Waals surface area contributed by atoms with Crippen LogP contribution in [0.4, 0.5) is 0 Å². The van der Waals surface area contributed by atoms with Crippen molar-refractivity contribution in [3.63, 3.8) is 0 Å². The Morgan fingerprint density at radius 1 is 1.18 bits per heavy atom. The highest BCUT2D eigenvalue weighted by atomic mass is 127. The SMILES string of the molecule is CCNC(=NCc1cccc(S(N)(=O)=O)c1)NCCCN(C(C)C)C(C)C.I. The molecule has 1 rings (SSSR count). The van der Waals surface area contributed by atoms with E-state index in [4.69, 9.17) is 5.14 Å². The first kappa shape index (κ1) is 27.1. The molecule has 0 atom stereocenters. The average Bonchev–Trinajstić information content (AvgIpc) is 2.58. The Kier molecular flexibility index (Phi) is 12.9. The lowest BCUT2D eigenvalue weighted by Crippen LogP contribution is -2.41. The molecule has 0 bridgehead atoms. The third kappa shape index (κ3) is 10.0. The van der Waals surface area contributed by atoms with Gasteiger partial charge in [-0.25, -0.2) is 18.5 Å². The second-order valence-electron chi connectivity index (χ2n) is 7.09. The van der Waals surface area contributed by atoms with Crippen molar-refractivity contribution in [3.8, 4) is 0 Å². The van der Waals surface area contributed by atoms with Gasteiger partial charge in [0.15, 0.2) is 5.96 Å². The number of nitrogens with one attached hydrogen (secondary N) is 2. The lowest BCUT2D eigenvalue weighted by molar-refractivity contribution is 0.173. The topological polar surface area (TPSA) is 99.8 Å². The van der Waals surface area contributed by atoms with E-state index in [1.807, 2.05) is 13.0 Å². The van der Waals surface area contributed by atoms with Crippen LogP contribution in [0.5, 0.6) is 0 Å². The van der Waals surface area contributed by atoms with Gasteiger partial charge in [-0.2, -0.15) is 0 Å². The van der Waals surface area contributed by atoms with E-state index in [0.717, 1.165) is 37.6 Å². The van der Waals surface area contributed by atoms with E-state index in [1.54, 1.807) is 12.1 Å². The molecule has 0 spiro atoms. The first-order chi connectivity index (χ1) is 12.6. The highest BCUT2D eigenvalue weighted by molar-refractivity contribution is 14.0. The molecule has 0 saturated heterocycles. The molecular formula is C19H36IN5O2S. The van der Waals surface area contributed by atoms with E-state index in [0.29, 0.717) is 18.6 Å². The molecule has 162 valence electrons. The summed E-state index contributed by atoms with van der Waals surface area (Å²) in [5.74, 6) is 0.721. The van der Waals surface area contributed by atoms with Crippen molar-refractivity contribution in [2.75, 3.05) is 19.6 Å². The van der Waals surface area contributed by atoms with Crippen LogP contribution in [0, 0.1) is 0 Å². The van der Waals surface area contributed by atoms with E-state index >= 15 is 0 Å². The average molecular weight is 526 g/mol. The molecule has 1 aromatic rings. The van der Waals surface area contributed by atoms with Gasteiger partial charge in [0.2, 0.25) is 10.0 Å². The maximum absolute atomic E-state index is 11.5. The number of rotatable bonds is 10. The number of aliphatic imine (C=N–C) groups is 1. The number of halogens is 1. The molecule has 0 aliphatic rings. The number of benzene rings is 1. The summed E-state index contributed by atoms with van der Waals surface area (Å²) in [5, 5.41) is 11.7. The Balaban J connectivity index is 0.00000729. The van der Waals surface area contributed by atoms with E-state index in [-0.39, 0.29) is 28.9 Å². The molecule has 0 saturated carbocycles. The molecular weight excluding hydrogens is 489 g/mol. The molecule has 9 heteroatoms. The fourth-order valence-corrected chi connectivity index (χ4v) is 3.50. The van der Waals surface area contributed by atoms with Crippen LogP contribution < -0.4 is 15.8 Å². The third-order valence-electron chi connectivity index (χ3n) is 4.20. The summed E-state index contributed by atoms with van der Waals surface area (Å²) >= 11 is 0. The predicted molar refractivity (Wildman–Crippen MR) is 128 cm³/mol. The maximum Gasteiger partial charge on any atom is 0.238 e. The van der Waals surface area contributed by atoms with Gasteiger partial charge in [0.1, 0.15) is 0 Å². The molecule has 0 amide bonds. The molecule has 0 unspecified atom stereocenters. The van der Waals surface area contributed by atoms with E-state index in [2.05, 4.69) is 48.2 Å². The minimum absolute atomic E-state index is 0. The zero-order chi connectivity index (χ0) is 20.4. The zero-order valence-corrected chi connectivity index (χ0v) is 20.8. The number of hydrogen-bond acceptors (Lipinski definition) is 4. The van der Waals surface area contributed by atoms with Gasteiger partial charge in [-0.1, -0.05) is 12.1 Å². The lowest BCUT2D eigenvalue weighted by atomic mass is 10.2. The molecule has 0 fully saturated rings. The molecule has 0 aromatic heterocycles. The van der Waals surface area contributed by atoms with Gasteiger partial charge in [0, 0.05) is 31.7 Å². The van der Waals surface area contributed by atoms with Crippen molar-refractivity contribution in [3.05, 3.63) is 29.8 Å². The summed E-state index contributed by atoms with van der Waals surface area (Å²) in [6.07, 6.45) is 1.02. The van der Waals surface area contributed by atoms with Crippen molar-refractivity contribution in [2.24, 2.45) is 10.1 Å². The van der Waals surface area contributed by atoms with Crippen LogP contribution in [0.3, 0.4) is 0 Å². The fourth-order valence-electron chi connectivity index (χ4n) is 2.91. The first-order valence-corrected chi connectivity index (χ1v) is 11.1. The zero-order valence-electron chi connectivity index (χ0n) is 17.6. The maximum atomic E-state index is 11.5. The molecule has 0 heterocycles. The monoisotopic (exact) mass is 525 g/mol. The van der Waals surface area contributed by atoms with Crippen LogP contribution in [-0.4, -0.2) is 51.0 Å². The van der Waals surface area contributed by atoms with Crippen molar-refractivity contribution < 1.29 is 8.42 Å². The first-order valence-electron chi connectivity index (χ1n) is 9.54. The van der Waals surface area contributed by atoms with Crippen molar-refractivity contribution in [2.45, 2.75) is 64.6 Å². The highest BCUT2D eigenvalue weighted by Crippen LogP contribution is 2.10. The molecule has 0 radical (unpaired) electrons. The molecule has 28 heavy (non-hydrogen) atoms. The Bertz CT molecular complexity index is 700. The summed E-state index contributed by atoms with van der Waals surface area (Å²) in [4.78, 5) is 7.11.